The largest absolute Gasteiger partial charge is 0.494 e. The second kappa shape index (κ2) is 7.18. The van der Waals surface area contributed by atoms with Crippen LogP contribution in [0.15, 0.2) is 30.3 Å². The first-order chi connectivity index (χ1) is 12.2. The Balaban J connectivity index is 1.44. The van der Waals surface area contributed by atoms with E-state index in [4.69, 9.17) is 9.72 Å². The van der Waals surface area contributed by atoms with Gasteiger partial charge in [0.2, 0.25) is 0 Å². The Labute approximate surface area is 149 Å². The summed E-state index contributed by atoms with van der Waals surface area (Å²) in [7, 11) is 1.70. The average Bonchev–Trinajstić information content (AvgIpc) is 2.68. The van der Waals surface area contributed by atoms with Crippen molar-refractivity contribution in [3.05, 3.63) is 30.3 Å². The molecule has 1 N–H and O–H groups in total. The zero-order valence-electron chi connectivity index (χ0n) is 14.9. The van der Waals surface area contributed by atoms with E-state index in [1.165, 1.54) is 12.8 Å². The molecule has 0 amide bonds. The van der Waals surface area contributed by atoms with Crippen molar-refractivity contribution in [2.24, 2.45) is 0 Å². The summed E-state index contributed by atoms with van der Waals surface area (Å²) < 4.78 is 5.47. The zero-order chi connectivity index (χ0) is 17.2. The number of hydrogen-bond donors (Lipinski definition) is 1. The molecular weight excluding hydrogens is 314 g/mol. The number of aromatic nitrogens is 1. The molecule has 2 aliphatic rings. The number of piperidine rings is 2. The van der Waals surface area contributed by atoms with E-state index in [0.29, 0.717) is 6.04 Å². The molecule has 1 aromatic heterocycles. The second-order valence-corrected chi connectivity index (χ2v) is 7.19. The van der Waals surface area contributed by atoms with Gasteiger partial charge in [-0.25, -0.2) is 4.98 Å². The Bertz CT molecular complexity index is 720. The molecule has 0 atom stereocenters. The molecule has 2 fully saturated rings. The SMILES string of the molecule is COc1cccc2ccc(N3CCC(N4CCC(O)CC4)CC3)nc12. The highest BCUT2D eigenvalue weighted by Crippen LogP contribution is 2.28. The predicted molar refractivity (Wildman–Crippen MR) is 100 cm³/mol. The van der Waals surface area contributed by atoms with Gasteiger partial charge < -0.3 is 19.6 Å². The van der Waals surface area contributed by atoms with Gasteiger partial charge in [0.05, 0.1) is 13.2 Å². The number of aliphatic hydroxyl groups is 1. The van der Waals surface area contributed by atoms with Gasteiger partial charge in [-0.2, -0.15) is 0 Å². The summed E-state index contributed by atoms with van der Waals surface area (Å²) in [5.74, 6) is 1.88. The topological polar surface area (TPSA) is 48.8 Å². The monoisotopic (exact) mass is 341 g/mol. The van der Waals surface area contributed by atoms with E-state index in [1.807, 2.05) is 12.1 Å². The molecule has 4 rings (SSSR count). The highest BCUT2D eigenvalue weighted by atomic mass is 16.5. The van der Waals surface area contributed by atoms with E-state index in [1.54, 1.807) is 7.11 Å². The van der Waals surface area contributed by atoms with Crippen molar-refractivity contribution in [1.29, 1.82) is 0 Å². The van der Waals surface area contributed by atoms with Crippen LogP contribution in [0.25, 0.3) is 10.9 Å². The maximum atomic E-state index is 9.69. The Hall–Kier alpha value is -1.85. The molecule has 0 spiro atoms. The molecule has 1 aromatic carbocycles. The van der Waals surface area contributed by atoms with E-state index in [2.05, 4.69) is 28.0 Å². The number of rotatable bonds is 3. The van der Waals surface area contributed by atoms with E-state index < -0.39 is 0 Å². The minimum Gasteiger partial charge on any atom is -0.494 e. The van der Waals surface area contributed by atoms with Crippen LogP contribution in [0.5, 0.6) is 5.75 Å². The second-order valence-electron chi connectivity index (χ2n) is 7.19. The molecule has 5 nitrogen and oxygen atoms in total. The summed E-state index contributed by atoms with van der Waals surface area (Å²) in [6.07, 6.45) is 4.09. The van der Waals surface area contributed by atoms with E-state index in [0.717, 1.165) is 61.5 Å². The van der Waals surface area contributed by atoms with Crippen molar-refractivity contribution in [1.82, 2.24) is 9.88 Å². The first kappa shape index (κ1) is 16.6. The minimum absolute atomic E-state index is 0.0897. The average molecular weight is 341 g/mol. The number of para-hydroxylation sites is 1. The van der Waals surface area contributed by atoms with Gasteiger partial charge in [0, 0.05) is 37.6 Å². The van der Waals surface area contributed by atoms with Crippen molar-refractivity contribution < 1.29 is 9.84 Å². The number of aliphatic hydroxyl groups excluding tert-OH is 1. The molecule has 5 heteroatoms. The third-order valence-corrected chi connectivity index (χ3v) is 5.69. The third kappa shape index (κ3) is 3.44. The van der Waals surface area contributed by atoms with Gasteiger partial charge in [0.15, 0.2) is 0 Å². The lowest BCUT2D eigenvalue weighted by Crippen LogP contribution is -2.48. The normalized spacial score (nSPS) is 21.0. The van der Waals surface area contributed by atoms with Crippen LogP contribution in [0.4, 0.5) is 5.82 Å². The molecule has 2 aliphatic heterocycles. The maximum absolute atomic E-state index is 9.69. The smallest absolute Gasteiger partial charge is 0.145 e. The summed E-state index contributed by atoms with van der Waals surface area (Å²) in [4.78, 5) is 9.83. The predicted octanol–water partition coefficient (Wildman–Crippen LogP) is 2.67. The van der Waals surface area contributed by atoms with Crippen LogP contribution in [0, 0.1) is 0 Å². The molecule has 3 heterocycles. The van der Waals surface area contributed by atoms with Gasteiger partial charge in [-0.3, -0.25) is 0 Å². The third-order valence-electron chi connectivity index (χ3n) is 5.69. The quantitative estimate of drug-likeness (QED) is 0.930. The number of likely N-dealkylation sites (tertiary alicyclic amines) is 1. The first-order valence-electron chi connectivity index (χ1n) is 9.35. The molecule has 0 unspecified atom stereocenters. The summed E-state index contributed by atoms with van der Waals surface area (Å²) in [5, 5.41) is 10.8. The van der Waals surface area contributed by atoms with Crippen molar-refractivity contribution in [3.63, 3.8) is 0 Å². The van der Waals surface area contributed by atoms with Crippen molar-refractivity contribution in [3.8, 4) is 5.75 Å². The van der Waals surface area contributed by atoms with Crippen LogP contribution >= 0.6 is 0 Å². The van der Waals surface area contributed by atoms with Crippen molar-refractivity contribution in [2.75, 3.05) is 38.2 Å². The summed E-state index contributed by atoms with van der Waals surface area (Å²) >= 11 is 0. The lowest BCUT2D eigenvalue weighted by atomic mass is 9.99. The lowest BCUT2D eigenvalue weighted by molar-refractivity contribution is 0.0542. The van der Waals surface area contributed by atoms with E-state index >= 15 is 0 Å². The van der Waals surface area contributed by atoms with Crippen LogP contribution in [0.2, 0.25) is 0 Å². The molecule has 2 aromatic rings. The van der Waals surface area contributed by atoms with Gasteiger partial charge in [-0.1, -0.05) is 12.1 Å². The van der Waals surface area contributed by atoms with Gasteiger partial charge in [0.25, 0.3) is 0 Å². The van der Waals surface area contributed by atoms with Crippen molar-refractivity contribution in [2.45, 2.75) is 37.8 Å². The molecular formula is C20H27N3O2. The zero-order valence-corrected chi connectivity index (χ0v) is 14.9. The summed E-state index contributed by atoms with van der Waals surface area (Å²) in [6.45, 7) is 4.16. The van der Waals surface area contributed by atoms with Crippen LogP contribution in [-0.4, -0.2) is 60.4 Å². The number of anilines is 1. The summed E-state index contributed by atoms with van der Waals surface area (Å²) in [5.41, 5.74) is 0.939. The van der Waals surface area contributed by atoms with Crippen LogP contribution in [-0.2, 0) is 0 Å². The molecule has 2 saturated heterocycles. The fraction of sp³-hybridized carbons (Fsp3) is 0.550. The lowest BCUT2D eigenvalue weighted by Gasteiger charge is -2.41. The van der Waals surface area contributed by atoms with E-state index in [-0.39, 0.29) is 6.10 Å². The fourth-order valence-corrected chi connectivity index (χ4v) is 4.16. The Morgan fingerprint density at radius 2 is 1.76 bits per heavy atom. The molecule has 134 valence electrons. The highest BCUT2D eigenvalue weighted by molar-refractivity contribution is 5.85. The molecule has 0 bridgehead atoms. The van der Waals surface area contributed by atoms with Gasteiger partial charge in [-0.05, 0) is 43.9 Å². The first-order valence-corrected chi connectivity index (χ1v) is 9.35. The number of ether oxygens (including phenoxy) is 1. The van der Waals surface area contributed by atoms with Crippen molar-refractivity contribution >= 4 is 16.7 Å². The van der Waals surface area contributed by atoms with Gasteiger partial charge in [-0.15, -0.1) is 0 Å². The van der Waals surface area contributed by atoms with E-state index in [9.17, 15) is 5.11 Å². The number of hydrogen-bond acceptors (Lipinski definition) is 5. The fourth-order valence-electron chi connectivity index (χ4n) is 4.16. The van der Waals surface area contributed by atoms with Crippen LogP contribution in [0.1, 0.15) is 25.7 Å². The molecule has 0 saturated carbocycles. The number of pyridine rings is 1. The Morgan fingerprint density at radius 3 is 2.48 bits per heavy atom. The van der Waals surface area contributed by atoms with Crippen LogP contribution < -0.4 is 9.64 Å². The molecule has 0 radical (unpaired) electrons. The van der Waals surface area contributed by atoms with Gasteiger partial charge >= 0.3 is 0 Å². The number of nitrogens with zero attached hydrogens (tertiary/aromatic N) is 3. The molecule has 0 aliphatic carbocycles. The maximum Gasteiger partial charge on any atom is 0.145 e. The number of methoxy groups -OCH3 is 1. The van der Waals surface area contributed by atoms with Crippen LogP contribution in [0.3, 0.4) is 0 Å². The highest BCUT2D eigenvalue weighted by Gasteiger charge is 2.28. The number of fused-ring (bicyclic) bond motifs is 1. The minimum atomic E-state index is -0.0897. The number of benzene rings is 1. The standard InChI is InChI=1S/C20H27N3O2/c1-25-18-4-2-3-15-5-6-19(21-20(15)18)23-11-7-16(8-12-23)22-13-9-17(24)10-14-22/h2-6,16-17,24H,7-14H2,1H3. The Morgan fingerprint density at radius 1 is 1.00 bits per heavy atom. The molecule has 25 heavy (non-hydrogen) atoms. The van der Waals surface area contributed by atoms with Gasteiger partial charge in [0.1, 0.15) is 17.1 Å². The summed E-state index contributed by atoms with van der Waals surface area (Å²) in [6, 6.07) is 11.0. The Kier molecular flexibility index (Phi) is 4.77.